The summed E-state index contributed by atoms with van der Waals surface area (Å²) in [6.07, 6.45) is 0. The molecule has 0 atom stereocenters. The van der Waals surface area contributed by atoms with Gasteiger partial charge in [0.15, 0.2) is 11.6 Å². The molecule has 0 amide bonds. The Morgan fingerprint density at radius 2 is 0.925 bits per heavy atom. The van der Waals surface area contributed by atoms with Gasteiger partial charge in [-0.05, 0) is 85.3 Å². The molecule has 40 heavy (non-hydrogen) atoms. The molecule has 0 saturated heterocycles. The molecule has 0 aliphatic heterocycles. The van der Waals surface area contributed by atoms with Crippen LogP contribution in [0.15, 0.2) is 97.1 Å². The van der Waals surface area contributed by atoms with E-state index in [0.29, 0.717) is 0 Å². The first kappa shape index (κ1) is 27.4. The van der Waals surface area contributed by atoms with Crippen LogP contribution in [0.2, 0.25) is 0 Å². The van der Waals surface area contributed by atoms with Gasteiger partial charge < -0.3 is 9.80 Å². The molecule has 4 aromatic carbocycles. The summed E-state index contributed by atoms with van der Waals surface area (Å²) in [6, 6.07) is 33.1. The molecular formula is C36H38N2O2. The third kappa shape index (κ3) is 5.44. The van der Waals surface area contributed by atoms with Gasteiger partial charge in [-0.3, -0.25) is 9.59 Å². The third-order valence-electron chi connectivity index (χ3n) is 8.19. The largest absolute Gasteiger partial charge is 0.367 e. The molecule has 1 aliphatic rings. The molecule has 0 N–H and O–H groups in total. The van der Waals surface area contributed by atoms with Gasteiger partial charge in [0.05, 0.1) is 0 Å². The fourth-order valence-electron chi connectivity index (χ4n) is 5.87. The summed E-state index contributed by atoms with van der Waals surface area (Å²) in [6.45, 7) is 11.7. The summed E-state index contributed by atoms with van der Waals surface area (Å²) in [7, 11) is 0. The minimum absolute atomic E-state index is 0.00460. The lowest BCUT2D eigenvalue weighted by Gasteiger charge is -2.35. The molecule has 0 radical (unpaired) electrons. The monoisotopic (exact) mass is 530 g/mol. The lowest BCUT2D eigenvalue weighted by atomic mass is 9.64. The van der Waals surface area contributed by atoms with Gasteiger partial charge in [0.25, 0.3) is 0 Å². The van der Waals surface area contributed by atoms with Gasteiger partial charge in [-0.25, -0.2) is 0 Å². The Morgan fingerprint density at radius 3 is 1.25 bits per heavy atom. The number of carbonyl (C=O) groups is 2. The maximum atomic E-state index is 13.5. The van der Waals surface area contributed by atoms with E-state index in [1.807, 2.05) is 38.1 Å². The fourth-order valence-corrected chi connectivity index (χ4v) is 5.87. The highest BCUT2D eigenvalue weighted by Gasteiger charge is 2.51. The average molecular weight is 531 g/mol. The highest BCUT2D eigenvalue weighted by atomic mass is 16.2. The van der Waals surface area contributed by atoms with E-state index in [1.165, 1.54) is 11.1 Å². The van der Waals surface area contributed by atoms with Crippen LogP contribution in [0.3, 0.4) is 0 Å². The van der Waals surface area contributed by atoms with Crippen LogP contribution in [0.4, 0.5) is 11.4 Å². The molecule has 4 heteroatoms. The van der Waals surface area contributed by atoms with Crippen molar-refractivity contribution >= 4 is 22.9 Å². The number of hydrogen-bond donors (Lipinski definition) is 0. The number of benzene rings is 4. The molecule has 0 unspecified atom stereocenters. The number of carbonyl (C=O) groups excluding carboxylic acids is 2. The van der Waals surface area contributed by atoms with E-state index in [2.05, 4.69) is 96.4 Å². The zero-order valence-corrected chi connectivity index (χ0v) is 23.9. The topological polar surface area (TPSA) is 40.6 Å². The Labute approximate surface area is 238 Å². The molecule has 4 aromatic rings. The maximum absolute atomic E-state index is 13.5. The second-order valence-corrected chi connectivity index (χ2v) is 10.8. The predicted octanol–water partition coefficient (Wildman–Crippen LogP) is 7.38. The number of anilines is 2. The van der Waals surface area contributed by atoms with E-state index in [1.54, 1.807) is 0 Å². The van der Waals surface area contributed by atoms with Crippen LogP contribution in [0.1, 0.15) is 59.1 Å². The minimum Gasteiger partial charge on any atom is -0.367 e. The summed E-state index contributed by atoms with van der Waals surface area (Å²) in [5.74, 6) is -1.34. The van der Waals surface area contributed by atoms with Crippen molar-refractivity contribution in [3.8, 4) is 0 Å². The molecule has 0 heterocycles. The zero-order valence-electron chi connectivity index (χ0n) is 23.9. The Balaban J connectivity index is 1.31. The smallest absolute Gasteiger partial charge is 0.162 e. The standard InChI is InChI=1S/C36H38N2O2/c1-5-37(23-27-13-9-7-10-14-27)29-17-19-31(25(3)21-29)33-35(39)34(36(33)40)32-20-18-30(22-26(32)4)38(6-2)24-28-15-11-8-12-16-28/h7-22,33-34H,5-6,23-24H2,1-4H3. The maximum Gasteiger partial charge on any atom is 0.162 e. The number of rotatable bonds is 10. The van der Waals surface area contributed by atoms with Gasteiger partial charge in [0.2, 0.25) is 0 Å². The summed E-state index contributed by atoms with van der Waals surface area (Å²) in [4.78, 5) is 31.6. The van der Waals surface area contributed by atoms with E-state index in [9.17, 15) is 9.59 Å². The Kier molecular flexibility index (Phi) is 8.16. The summed E-state index contributed by atoms with van der Waals surface area (Å²) in [5.41, 5.74) is 8.35. The van der Waals surface area contributed by atoms with Crippen molar-refractivity contribution < 1.29 is 9.59 Å². The molecule has 0 bridgehead atoms. The van der Waals surface area contributed by atoms with E-state index >= 15 is 0 Å². The quantitative estimate of drug-likeness (QED) is 0.201. The SMILES string of the molecule is CCN(Cc1ccccc1)c1ccc(C2C(=O)C(c3ccc(N(CC)Cc4ccccc4)cc3C)C2=O)c(C)c1. The third-order valence-corrected chi connectivity index (χ3v) is 8.19. The molecule has 0 aromatic heterocycles. The van der Waals surface area contributed by atoms with Crippen molar-refractivity contribution in [1.82, 2.24) is 0 Å². The van der Waals surface area contributed by atoms with Gasteiger partial charge >= 0.3 is 0 Å². The molecule has 0 spiro atoms. The summed E-state index contributed by atoms with van der Waals surface area (Å²) >= 11 is 0. The van der Waals surface area contributed by atoms with Crippen molar-refractivity contribution in [2.45, 2.75) is 52.6 Å². The number of aryl methyl sites for hydroxylation is 2. The van der Waals surface area contributed by atoms with Gasteiger partial charge in [0.1, 0.15) is 11.8 Å². The molecule has 1 fully saturated rings. The summed E-state index contributed by atoms with van der Waals surface area (Å²) in [5, 5.41) is 0. The van der Waals surface area contributed by atoms with E-state index < -0.39 is 11.8 Å². The number of Topliss-reactive ketones (excluding diaryl/α,β-unsaturated/α-hetero) is 2. The van der Waals surface area contributed by atoms with Gasteiger partial charge in [-0.15, -0.1) is 0 Å². The lowest BCUT2D eigenvalue weighted by Crippen LogP contribution is -2.45. The minimum atomic E-state index is -0.674. The number of ketones is 2. The second-order valence-electron chi connectivity index (χ2n) is 10.8. The van der Waals surface area contributed by atoms with Crippen LogP contribution < -0.4 is 9.80 Å². The van der Waals surface area contributed by atoms with Crippen molar-refractivity contribution in [1.29, 1.82) is 0 Å². The predicted molar refractivity (Wildman–Crippen MR) is 164 cm³/mol. The molecule has 5 rings (SSSR count). The number of nitrogens with zero attached hydrogens (tertiary/aromatic N) is 2. The van der Waals surface area contributed by atoms with Crippen molar-refractivity contribution in [3.63, 3.8) is 0 Å². The van der Waals surface area contributed by atoms with Crippen LogP contribution in [0, 0.1) is 13.8 Å². The first-order valence-electron chi connectivity index (χ1n) is 14.3. The lowest BCUT2D eigenvalue weighted by molar-refractivity contribution is -0.142. The highest BCUT2D eigenvalue weighted by Crippen LogP contribution is 2.44. The van der Waals surface area contributed by atoms with Crippen LogP contribution in [-0.2, 0) is 22.7 Å². The van der Waals surface area contributed by atoms with Crippen molar-refractivity contribution in [2.75, 3.05) is 22.9 Å². The van der Waals surface area contributed by atoms with Crippen LogP contribution in [-0.4, -0.2) is 24.7 Å². The molecule has 4 nitrogen and oxygen atoms in total. The Hall–Kier alpha value is -4.18. The molecular weight excluding hydrogens is 492 g/mol. The fraction of sp³-hybridized carbons (Fsp3) is 0.278. The molecule has 204 valence electrons. The average Bonchev–Trinajstić information content (AvgIpc) is 2.98. The van der Waals surface area contributed by atoms with Crippen molar-refractivity contribution in [2.24, 2.45) is 0 Å². The second kappa shape index (κ2) is 11.9. The van der Waals surface area contributed by atoms with Gasteiger partial charge in [-0.1, -0.05) is 72.8 Å². The highest BCUT2D eigenvalue weighted by molar-refractivity contribution is 6.31. The molecule has 1 aliphatic carbocycles. The number of hydrogen-bond acceptors (Lipinski definition) is 4. The summed E-state index contributed by atoms with van der Waals surface area (Å²) < 4.78 is 0. The van der Waals surface area contributed by atoms with Gasteiger partial charge in [0, 0.05) is 37.6 Å². The van der Waals surface area contributed by atoms with Crippen LogP contribution in [0.25, 0.3) is 0 Å². The Bertz CT molecular complexity index is 1370. The van der Waals surface area contributed by atoms with Crippen LogP contribution in [0.5, 0.6) is 0 Å². The zero-order chi connectivity index (χ0) is 28.2. The molecule has 1 saturated carbocycles. The van der Waals surface area contributed by atoms with Crippen molar-refractivity contribution in [3.05, 3.63) is 130 Å². The van der Waals surface area contributed by atoms with E-state index in [4.69, 9.17) is 0 Å². The van der Waals surface area contributed by atoms with Crippen LogP contribution >= 0.6 is 0 Å². The first-order chi connectivity index (χ1) is 19.4. The van der Waals surface area contributed by atoms with E-state index in [0.717, 1.165) is 59.8 Å². The first-order valence-corrected chi connectivity index (χ1v) is 14.3. The van der Waals surface area contributed by atoms with Gasteiger partial charge in [-0.2, -0.15) is 0 Å². The Morgan fingerprint density at radius 1 is 0.550 bits per heavy atom. The normalized spacial score (nSPS) is 16.5. The van der Waals surface area contributed by atoms with E-state index in [-0.39, 0.29) is 11.6 Å².